The van der Waals surface area contributed by atoms with Crippen molar-refractivity contribution in [1.82, 2.24) is 9.97 Å². The van der Waals surface area contributed by atoms with E-state index in [1.807, 2.05) is 43.3 Å². The Morgan fingerprint density at radius 3 is 2.44 bits per heavy atom. The van der Waals surface area contributed by atoms with E-state index in [-0.39, 0.29) is 0 Å². The first-order chi connectivity index (χ1) is 7.86. The van der Waals surface area contributed by atoms with Gasteiger partial charge in [0.2, 0.25) is 0 Å². The summed E-state index contributed by atoms with van der Waals surface area (Å²) in [5.74, 6) is 0.720. The molecule has 80 valence electrons. The SMILES string of the molecule is C/C(=N/Nc1ccccn1)c1ccccn1. The molecule has 4 nitrogen and oxygen atoms in total. The molecule has 0 amide bonds. The molecule has 2 aromatic rings. The maximum Gasteiger partial charge on any atom is 0.146 e. The van der Waals surface area contributed by atoms with Crippen LogP contribution in [-0.4, -0.2) is 15.7 Å². The van der Waals surface area contributed by atoms with Crippen molar-refractivity contribution >= 4 is 11.5 Å². The van der Waals surface area contributed by atoms with Gasteiger partial charge in [0.1, 0.15) is 5.82 Å². The molecule has 1 N–H and O–H groups in total. The van der Waals surface area contributed by atoms with Crippen LogP contribution in [0.25, 0.3) is 0 Å². The molecule has 0 spiro atoms. The number of hydrogen-bond donors (Lipinski definition) is 1. The zero-order valence-corrected chi connectivity index (χ0v) is 8.96. The maximum atomic E-state index is 4.21. The molecule has 4 heteroatoms. The van der Waals surface area contributed by atoms with Crippen LogP contribution in [0.15, 0.2) is 53.9 Å². The molecule has 0 aliphatic rings. The Balaban J connectivity index is 2.09. The van der Waals surface area contributed by atoms with E-state index < -0.39 is 0 Å². The van der Waals surface area contributed by atoms with Crippen molar-refractivity contribution in [3.63, 3.8) is 0 Å². The van der Waals surface area contributed by atoms with Gasteiger partial charge < -0.3 is 0 Å². The molecular weight excluding hydrogens is 200 g/mol. The van der Waals surface area contributed by atoms with E-state index in [4.69, 9.17) is 0 Å². The molecule has 0 aromatic carbocycles. The van der Waals surface area contributed by atoms with Crippen molar-refractivity contribution in [3.05, 3.63) is 54.5 Å². The fourth-order valence-corrected chi connectivity index (χ4v) is 1.20. The second-order valence-electron chi connectivity index (χ2n) is 3.24. The van der Waals surface area contributed by atoms with Gasteiger partial charge in [0.15, 0.2) is 0 Å². The Morgan fingerprint density at radius 1 is 1.06 bits per heavy atom. The molecule has 0 saturated heterocycles. The minimum Gasteiger partial charge on any atom is -0.261 e. The first kappa shape index (κ1) is 10.3. The molecule has 0 aliphatic heterocycles. The zero-order valence-electron chi connectivity index (χ0n) is 8.96. The molecule has 16 heavy (non-hydrogen) atoms. The molecule has 0 saturated carbocycles. The van der Waals surface area contributed by atoms with E-state index >= 15 is 0 Å². The molecule has 0 unspecified atom stereocenters. The van der Waals surface area contributed by atoms with Crippen molar-refractivity contribution in [3.8, 4) is 0 Å². The van der Waals surface area contributed by atoms with Gasteiger partial charge in [0.25, 0.3) is 0 Å². The second kappa shape index (κ2) is 5.02. The number of nitrogens with one attached hydrogen (secondary N) is 1. The Morgan fingerprint density at radius 2 is 1.81 bits per heavy atom. The van der Waals surface area contributed by atoms with Crippen LogP contribution in [-0.2, 0) is 0 Å². The number of aromatic nitrogens is 2. The number of anilines is 1. The third-order valence-corrected chi connectivity index (χ3v) is 2.04. The predicted molar refractivity (Wildman–Crippen MR) is 64.3 cm³/mol. The Kier molecular flexibility index (Phi) is 3.23. The Hall–Kier alpha value is -2.23. The van der Waals surface area contributed by atoms with Crippen molar-refractivity contribution in [2.75, 3.05) is 5.43 Å². The summed E-state index contributed by atoms with van der Waals surface area (Å²) in [6.07, 6.45) is 3.46. The summed E-state index contributed by atoms with van der Waals surface area (Å²) < 4.78 is 0. The van der Waals surface area contributed by atoms with E-state index in [1.165, 1.54) is 0 Å². The molecular formula is C12H12N4. The smallest absolute Gasteiger partial charge is 0.146 e. The lowest BCUT2D eigenvalue weighted by atomic mass is 10.3. The van der Waals surface area contributed by atoms with Gasteiger partial charge >= 0.3 is 0 Å². The predicted octanol–water partition coefficient (Wildman–Crippen LogP) is 2.31. The highest BCUT2D eigenvalue weighted by atomic mass is 15.3. The van der Waals surface area contributed by atoms with E-state index in [1.54, 1.807) is 12.4 Å². The normalized spacial score (nSPS) is 11.2. The lowest BCUT2D eigenvalue weighted by Crippen LogP contribution is -2.02. The lowest BCUT2D eigenvalue weighted by Gasteiger charge is -2.01. The molecule has 2 heterocycles. The highest BCUT2D eigenvalue weighted by molar-refractivity contribution is 5.97. The largest absolute Gasteiger partial charge is 0.261 e. The van der Waals surface area contributed by atoms with Gasteiger partial charge in [-0.25, -0.2) is 4.98 Å². The fourth-order valence-electron chi connectivity index (χ4n) is 1.20. The van der Waals surface area contributed by atoms with Crippen LogP contribution in [0.1, 0.15) is 12.6 Å². The van der Waals surface area contributed by atoms with Gasteiger partial charge in [-0.15, -0.1) is 0 Å². The third-order valence-electron chi connectivity index (χ3n) is 2.04. The molecule has 2 aromatic heterocycles. The van der Waals surface area contributed by atoms with E-state index in [0.29, 0.717) is 0 Å². The van der Waals surface area contributed by atoms with Gasteiger partial charge in [0.05, 0.1) is 11.4 Å². The van der Waals surface area contributed by atoms with Crippen LogP contribution >= 0.6 is 0 Å². The molecule has 2 rings (SSSR count). The van der Waals surface area contributed by atoms with E-state index in [0.717, 1.165) is 17.2 Å². The van der Waals surface area contributed by atoms with Crippen LogP contribution < -0.4 is 5.43 Å². The molecule has 0 fully saturated rings. The van der Waals surface area contributed by atoms with Crippen LogP contribution in [0.5, 0.6) is 0 Å². The average molecular weight is 212 g/mol. The van der Waals surface area contributed by atoms with Crippen LogP contribution in [0.3, 0.4) is 0 Å². The van der Waals surface area contributed by atoms with Gasteiger partial charge in [-0.3, -0.25) is 10.4 Å². The third kappa shape index (κ3) is 2.63. The summed E-state index contributed by atoms with van der Waals surface area (Å²) in [6.45, 7) is 1.90. The quantitative estimate of drug-likeness (QED) is 0.627. The number of hydrogen-bond acceptors (Lipinski definition) is 4. The van der Waals surface area contributed by atoms with Gasteiger partial charge in [0, 0.05) is 12.4 Å². The topological polar surface area (TPSA) is 50.2 Å². The van der Waals surface area contributed by atoms with Gasteiger partial charge in [-0.1, -0.05) is 12.1 Å². The standard InChI is InChI=1S/C12H12N4/c1-10(11-6-2-4-8-13-11)15-16-12-7-3-5-9-14-12/h2-9H,1H3,(H,14,16)/b15-10-. The monoisotopic (exact) mass is 212 g/mol. The minimum atomic E-state index is 0.720. The highest BCUT2D eigenvalue weighted by Crippen LogP contribution is 2.01. The van der Waals surface area contributed by atoms with Gasteiger partial charge in [-0.2, -0.15) is 5.10 Å². The van der Waals surface area contributed by atoms with E-state index in [2.05, 4.69) is 20.5 Å². The highest BCUT2D eigenvalue weighted by Gasteiger charge is 1.96. The second-order valence-corrected chi connectivity index (χ2v) is 3.24. The molecule has 0 radical (unpaired) electrons. The minimum absolute atomic E-state index is 0.720. The lowest BCUT2D eigenvalue weighted by molar-refractivity contribution is 1.20. The van der Waals surface area contributed by atoms with E-state index in [9.17, 15) is 0 Å². The van der Waals surface area contributed by atoms with Crippen LogP contribution in [0, 0.1) is 0 Å². The van der Waals surface area contributed by atoms with Crippen molar-refractivity contribution in [1.29, 1.82) is 0 Å². The van der Waals surface area contributed by atoms with Crippen LogP contribution in [0.2, 0.25) is 0 Å². The average Bonchev–Trinajstić information content (AvgIpc) is 2.38. The molecule has 0 atom stereocenters. The summed E-state index contributed by atoms with van der Waals surface area (Å²) in [7, 11) is 0. The fraction of sp³-hybridized carbons (Fsp3) is 0.0833. The molecule has 0 bridgehead atoms. The van der Waals surface area contributed by atoms with Gasteiger partial charge in [-0.05, 0) is 31.2 Å². The number of hydrazone groups is 1. The van der Waals surface area contributed by atoms with Crippen molar-refractivity contribution in [2.45, 2.75) is 6.92 Å². The Bertz CT molecular complexity index is 465. The Labute approximate surface area is 94.1 Å². The van der Waals surface area contributed by atoms with Crippen LogP contribution in [0.4, 0.5) is 5.82 Å². The van der Waals surface area contributed by atoms with Crippen molar-refractivity contribution < 1.29 is 0 Å². The summed E-state index contributed by atoms with van der Waals surface area (Å²) in [5.41, 5.74) is 4.56. The first-order valence-corrected chi connectivity index (χ1v) is 4.99. The summed E-state index contributed by atoms with van der Waals surface area (Å²) in [4.78, 5) is 8.31. The number of pyridine rings is 2. The summed E-state index contributed by atoms with van der Waals surface area (Å²) >= 11 is 0. The zero-order chi connectivity index (χ0) is 11.2. The number of nitrogens with zero attached hydrogens (tertiary/aromatic N) is 3. The summed E-state index contributed by atoms with van der Waals surface area (Å²) in [6, 6.07) is 11.3. The summed E-state index contributed by atoms with van der Waals surface area (Å²) in [5, 5.41) is 4.21. The first-order valence-electron chi connectivity index (χ1n) is 4.99. The maximum absolute atomic E-state index is 4.21. The number of rotatable bonds is 3. The van der Waals surface area contributed by atoms with Crippen molar-refractivity contribution in [2.24, 2.45) is 5.10 Å². The molecule has 0 aliphatic carbocycles.